The quantitative estimate of drug-likeness (QED) is 0.0524. The zero-order valence-corrected chi connectivity index (χ0v) is 91.8. The number of alkyl halides is 1. The summed E-state index contributed by atoms with van der Waals surface area (Å²) >= 11 is 0. The first-order chi connectivity index (χ1) is 61.1. The third-order valence-corrected chi connectivity index (χ3v) is 29.9. The van der Waals surface area contributed by atoms with Gasteiger partial charge in [0.15, 0.2) is 9.84 Å². The van der Waals surface area contributed by atoms with Crippen LogP contribution in [0.15, 0.2) is 0 Å². The predicted octanol–water partition coefficient (Wildman–Crippen LogP) is 25.4. The molecule has 5 saturated heterocycles. The average molecular weight is 1940 g/mol. The summed E-state index contributed by atoms with van der Waals surface area (Å²) in [5.41, 5.74) is -0.898. The van der Waals surface area contributed by atoms with Gasteiger partial charge in [0.2, 0.25) is 0 Å². The Balaban J connectivity index is 0.00000140. The van der Waals surface area contributed by atoms with Gasteiger partial charge in [0.05, 0.1) is 141 Å². The second kappa shape index (κ2) is 76.1. The van der Waals surface area contributed by atoms with Gasteiger partial charge in [0.1, 0.15) is 5.67 Å². The van der Waals surface area contributed by atoms with Gasteiger partial charge in [0.25, 0.3) is 0 Å². The summed E-state index contributed by atoms with van der Waals surface area (Å²) in [6.07, 6.45) is 48.7. The maximum Gasteiger partial charge on any atom is 0.150 e. The number of rotatable bonds is 39. The van der Waals surface area contributed by atoms with Crippen LogP contribution in [0.25, 0.3) is 0 Å². The summed E-state index contributed by atoms with van der Waals surface area (Å²) in [7, 11) is -6.19. The molecule has 0 radical (unpaired) electrons. The molecule has 19 nitrogen and oxygen atoms in total. The lowest BCUT2D eigenvalue weighted by Crippen LogP contribution is -2.39. The monoisotopic (exact) mass is 1930 g/mol. The van der Waals surface area contributed by atoms with Crippen LogP contribution in [0, 0.1) is 47.3 Å². The van der Waals surface area contributed by atoms with E-state index in [4.69, 9.17) is 71.1 Å². The van der Waals surface area contributed by atoms with Crippen LogP contribution in [0.4, 0.5) is 4.39 Å². The molecule has 8 aliphatic carbocycles. The largest absolute Gasteiger partial charge is 0.381 e. The lowest BCUT2D eigenvalue weighted by atomic mass is 9.74. The maximum absolute atomic E-state index is 12.9. The molecule has 0 amide bonds. The first-order valence-corrected chi connectivity index (χ1v) is 58.9. The van der Waals surface area contributed by atoms with Gasteiger partial charge < -0.3 is 71.1 Å². The van der Waals surface area contributed by atoms with Gasteiger partial charge in [-0.3, -0.25) is 8.42 Å². The molecule has 0 bridgehead atoms. The van der Waals surface area contributed by atoms with Gasteiger partial charge in [-0.2, -0.15) is 0 Å². The van der Waals surface area contributed by atoms with Gasteiger partial charge >= 0.3 is 0 Å². The second-order valence-electron chi connectivity index (χ2n) is 43.4. The van der Waals surface area contributed by atoms with Crippen LogP contribution in [0.5, 0.6) is 0 Å². The predicted molar refractivity (Wildman–Crippen MR) is 556 cm³/mol. The Kier molecular flexibility index (Phi) is 75.7. The van der Waals surface area contributed by atoms with Gasteiger partial charge in [-0.25, -0.2) is 12.8 Å². The molecule has 13 fully saturated rings. The molecular weight excluding hydrogens is 1720 g/mol. The minimum Gasteiger partial charge on any atom is -0.381 e. The molecule has 8 saturated carbocycles. The zero-order chi connectivity index (χ0) is 97.7. The number of ether oxygens (including phenoxy) is 15. The average Bonchev–Trinajstić information content (AvgIpc) is 1.75. The Labute approximate surface area is 810 Å². The van der Waals surface area contributed by atoms with E-state index < -0.39 is 34.5 Å². The third kappa shape index (κ3) is 82.6. The highest BCUT2D eigenvalue weighted by Gasteiger charge is 2.40. The molecular formula is C108H217FO19S3. The fourth-order valence-corrected chi connectivity index (χ4v) is 21.8. The van der Waals surface area contributed by atoms with Crippen LogP contribution >= 0.6 is 0 Å². The van der Waals surface area contributed by atoms with E-state index in [1.54, 1.807) is 6.92 Å². The molecule has 0 aromatic rings. The van der Waals surface area contributed by atoms with Gasteiger partial charge in [-0.1, -0.05) is 78.1 Å². The minimum atomic E-state index is -2.70. The van der Waals surface area contributed by atoms with Crippen molar-refractivity contribution >= 4 is 40.6 Å². The number of hydrogen-bond donors (Lipinski definition) is 0. The van der Waals surface area contributed by atoms with Crippen molar-refractivity contribution in [3.8, 4) is 0 Å². The first kappa shape index (κ1) is 130. The van der Waals surface area contributed by atoms with Gasteiger partial charge in [0, 0.05) is 88.4 Å². The smallest absolute Gasteiger partial charge is 0.150 e. The number of halogens is 1. The Bertz CT molecular complexity index is 2870. The SMILES string of the molecule is C.C=S1(=O)CCC(COC(C)C)C1.C=S1(=O)CCC(OC(C)C)C1.CC(C)OC1CC1.CC(C)OC1CCCC1.CC(C)OC1CCCC1.CC(C)OCC1CC(C)(F)C1.CC(C)OCC1CC1.CC(C)OCC1CCC1.CC(C)OCC1CCCC1.CC(C)OCCC1CCCC1.CC(C)OCCC1CCO1.CC(C)OCCC1CCS(=O)(=O)C1.CC(C)OCCC1COC1. The normalized spacial score (nSPS) is 25.7. The summed E-state index contributed by atoms with van der Waals surface area (Å²) in [6, 6.07) is 0. The molecule has 13 rings (SSSR count). The van der Waals surface area contributed by atoms with Crippen LogP contribution in [0.2, 0.25) is 0 Å². The van der Waals surface area contributed by atoms with E-state index in [0.717, 1.165) is 158 Å². The molecule has 6 unspecified atom stereocenters. The van der Waals surface area contributed by atoms with Crippen LogP contribution in [0.1, 0.15) is 406 Å². The Hall–Kier alpha value is -0.680. The Morgan fingerprint density at radius 1 is 0.298 bits per heavy atom. The fourth-order valence-electron chi connectivity index (χ4n) is 16.1. The molecule has 23 heteroatoms. The first-order valence-electron chi connectivity index (χ1n) is 53.0. The maximum atomic E-state index is 12.9. The van der Waals surface area contributed by atoms with Crippen molar-refractivity contribution < 1.29 is 92.3 Å². The van der Waals surface area contributed by atoms with Gasteiger partial charge in [-0.05, 0) is 400 Å². The molecule has 6 atom stereocenters. The molecule has 788 valence electrons. The zero-order valence-electron chi connectivity index (χ0n) is 89.3. The Morgan fingerprint density at radius 3 is 0.870 bits per heavy atom. The lowest BCUT2D eigenvalue weighted by Gasteiger charge is -2.38. The molecule has 5 heterocycles. The summed E-state index contributed by atoms with van der Waals surface area (Å²) in [4.78, 5) is 0. The van der Waals surface area contributed by atoms with E-state index in [1.165, 1.54) is 161 Å². The molecule has 0 spiro atoms. The highest BCUT2D eigenvalue weighted by molar-refractivity contribution is 8.00. The van der Waals surface area contributed by atoms with Crippen molar-refractivity contribution in [3.05, 3.63) is 0 Å². The minimum absolute atomic E-state index is 0. The van der Waals surface area contributed by atoms with E-state index >= 15 is 0 Å². The van der Waals surface area contributed by atoms with Crippen LogP contribution in [-0.4, -0.2) is 258 Å². The van der Waals surface area contributed by atoms with Crippen molar-refractivity contribution in [2.45, 2.75) is 522 Å². The van der Waals surface area contributed by atoms with E-state index in [0.29, 0.717) is 134 Å². The van der Waals surface area contributed by atoms with Crippen molar-refractivity contribution in [1.29, 1.82) is 0 Å². The summed E-state index contributed by atoms with van der Waals surface area (Å²) in [5, 5.41) is 0. The lowest BCUT2D eigenvalue weighted by molar-refractivity contribution is -0.0705. The Morgan fingerprint density at radius 2 is 0.595 bits per heavy atom. The molecule has 5 aliphatic heterocycles. The van der Waals surface area contributed by atoms with Crippen molar-refractivity contribution in [2.24, 2.45) is 47.3 Å². The van der Waals surface area contributed by atoms with E-state index in [9.17, 15) is 21.2 Å². The van der Waals surface area contributed by atoms with Crippen molar-refractivity contribution in [3.63, 3.8) is 0 Å². The summed E-state index contributed by atoms with van der Waals surface area (Å²) in [6.45, 7) is 66.1. The van der Waals surface area contributed by atoms with E-state index in [2.05, 4.69) is 136 Å². The number of sulfone groups is 1. The molecule has 0 aromatic carbocycles. The number of hydrogen-bond acceptors (Lipinski definition) is 19. The fraction of sp³-hybridized carbons (Fsp3) is 0.981. The molecule has 0 aromatic heterocycles. The molecule has 131 heavy (non-hydrogen) atoms. The second-order valence-corrected chi connectivity index (χ2v) is 51.0. The summed E-state index contributed by atoms with van der Waals surface area (Å²) in [5.74, 6) is 16.8. The van der Waals surface area contributed by atoms with Crippen molar-refractivity contribution in [1.82, 2.24) is 0 Å². The van der Waals surface area contributed by atoms with E-state index in [1.807, 2.05) is 55.4 Å². The highest BCUT2D eigenvalue weighted by Crippen LogP contribution is 2.41. The standard InChI is InChI=1S/C10H20O.C9H17FO.C9H18O3S.C9H18O2S.C9H18O.C8H16O2S.2C8H16O2.3C8H16O.C7H14O.C6H12O.CH4/c1-9(2)11-8-7-10-5-3-4-6-10;1-7(2)11-6-8-4-9(3,10)5-8;1-8(2)12-5-3-9-4-6-13(10,11)7-9;1-8(2)11-6-9-4-5-12(3,10)7-9;1-8(2)10-7-9-5-3-4-6-9;1-7(2)10-8-4-5-11(3,9)6-8;1-7(2)9-5-3-8-4-6-10-8;1-7(2)10-4-3-8-5-9-6-8;1-7(2)9-6-8-4-3-5-8;2*1-7(2)9-8-5-3-4-6-8;1-6(2)8-5-7-3-4-7;1-5(2)7-6-3-4-6;/h9-10H,3-8H2,1-2H3;7-8H,4-6H2,1-3H3;8-9H,3-7H2,1-2H3;8-9H,3-7H2,1-2H3;8-9H,3-7H2,1-2H3;7-8H,3-6H2,1-2H3;2*7-8H,3-6H2,1-2H3;3*7-8H,3-6H2,1-2H3;6-7H,3-5H2,1-2H3;5-6H,3-4H2,1-2H3;1H4. The van der Waals surface area contributed by atoms with Crippen LogP contribution in [0.3, 0.4) is 0 Å². The summed E-state index contributed by atoms with van der Waals surface area (Å²) < 4.78 is 139. The molecule has 13 aliphatic rings. The van der Waals surface area contributed by atoms with E-state index in [-0.39, 0.29) is 37.9 Å². The van der Waals surface area contributed by atoms with Crippen LogP contribution in [-0.2, 0) is 99.9 Å². The van der Waals surface area contributed by atoms with Gasteiger partial charge in [-0.15, -0.1) is 0 Å². The molecule has 0 N–H and O–H groups in total. The van der Waals surface area contributed by atoms with Crippen molar-refractivity contribution in [2.75, 3.05) is 114 Å². The highest BCUT2D eigenvalue weighted by atomic mass is 32.2. The topological polar surface area (TPSA) is 207 Å². The van der Waals surface area contributed by atoms with Crippen LogP contribution < -0.4 is 0 Å². The third-order valence-electron chi connectivity index (χ3n) is 24.0.